The Morgan fingerprint density at radius 1 is 0.864 bits per heavy atom. The molecule has 1 heteroatoms. The third-order valence-electron chi connectivity index (χ3n) is 4.05. The van der Waals surface area contributed by atoms with Crippen molar-refractivity contribution in [2.75, 3.05) is 0 Å². The van der Waals surface area contributed by atoms with Crippen molar-refractivity contribution in [2.24, 2.45) is 0 Å². The predicted octanol–water partition coefficient (Wildman–Crippen LogP) is 4.76. The summed E-state index contributed by atoms with van der Waals surface area (Å²) >= 11 is 0. The first-order valence-corrected chi connectivity index (χ1v) is 7.27. The minimum Gasteiger partial charge on any atom is -0.376 e. The van der Waals surface area contributed by atoms with Crippen molar-refractivity contribution < 1.29 is 5.11 Å². The monoisotopic (exact) mass is 286 g/mol. The molecule has 2 aromatic rings. The topological polar surface area (TPSA) is 20.2 Å². The number of hydrogen-bond donors (Lipinski definition) is 1. The zero-order valence-corrected chi connectivity index (χ0v) is 12.4. The maximum absolute atomic E-state index is 11.6. The van der Waals surface area contributed by atoms with E-state index in [1.54, 1.807) is 12.2 Å². The molecule has 0 bridgehead atoms. The van der Waals surface area contributed by atoms with E-state index in [4.69, 9.17) is 0 Å². The molecule has 0 unspecified atom stereocenters. The number of benzene rings is 2. The van der Waals surface area contributed by atoms with Crippen molar-refractivity contribution >= 4 is 0 Å². The van der Waals surface area contributed by atoms with E-state index in [2.05, 4.69) is 25.3 Å². The number of fused-ring (bicyclic) bond motifs is 3. The Morgan fingerprint density at radius 2 is 1.41 bits per heavy atom. The average molecular weight is 286 g/mol. The molecule has 0 saturated carbocycles. The predicted molar refractivity (Wildman–Crippen MR) is 92.5 cm³/mol. The maximum atomic E-state index is 11.6. The summed E-state index contributed by atoms with van der Waals surface area (Å²) in [6, 6.07) is 16.0. The maximum Gasteiger partial charge on any atom is 0.141 e. The van der Waals surface area contributed by atoms with Crippen molar-refractivity contribution in [2.45, 2.75) is 5.60 Å². The Balaban J connectivity index is 2.33. The fourth-order valence-corrected chi connectivity index (χ4v) is 3.12. The molecule has 1 nitrogen and oxygen atoms in total. The van der Waals surface area contributed by atoms with Gasteiger partial charge in [0.2, 0.25) is 0 Å². The minimum atomic E-state index is -1.17. The van der Waals surface area contributed by atoms with Crippen molar-refractivity contribution in [3.63, 3.8) is 0 Å². The summed E-state index contributed by atoms with van der Waals surface area (Å²) < 4.78 is 0. The highest BCUT2D eigenvalue weighted by Gasteiger charge is 2.43. The molecule has 1 aliphatic carbocycles. The molecule has 0 atom stereocenters. The van der Waals surface area contributed by atoms with Crippen molar-refractivity contribution in [1.29, 1.82) is 0 Å². The van der Waals surface area contributed by atoms with E-state index in [1.165, 1.54) is 0 Å². The van der Waals surface area contributed by atoms with Crippen LogP contribution in [0, 0.1) is 0 Å². The fourth-order valence-electron chi connectivity index (χ4n) is 3.12. The first-order valence-electron chi connectivity index (χ1n) is 7.27. The summed E-state index contributed by atoms with van der Waals surface area (Å²) in [5.41, 5.74) is 3.56. The number of rotatable bonds is 4. The van der Waals surface area contributed by atoms with Crippen LogP contribution in [0.15, 0.2) is 97.6 Å². The smallest absolute Gasteiger partial charge is 0.141 e. The van der Waals surface area contributed by atoms with E-state index in [-0.39, 0.29) is 0 Å². The largest absolute Gasteiger partial charge is 0.376 e. The summed E-state index contributed by atoms with van der Waals surface area (Å²) in [4.78, 5) is 0. The Bertz CT molecular complexity index is 748. The normalized spacial score (nSPS) is 15.4. The van der Waals surface area contributed by atoms with Crippen LogP contribution in [-0.2, 0) is 5.60 Å². The van der Waals surface area contributed by atoms with Crippen molar-refractivity contribution in [1.82, 2.24) is 0 Å². The summed E-state index contributed by atoms with van der Waals surface area (Å²) in [6.45, 7) is 7.49. The molecule has 2 aromatic carbocycles. The second kappa shape index (κ2) is 5.63. The van der Waals surface area contributed by atoms with E-state index in [1.807, 2.05) is 54.6 Å². The highest BCUT2D eigenvalue weighted by atomic mass is 16.3. The van der Waals surface area contributed by atoms with Crippen LogP contribution in [0.2, 0.25) is 0 Å². The first-order chi connectivity index (χ1) is 10.7. The summed E-state index contributed by atoms with van der Waals surface area (Å²) in [6.07, 6.45) is 8.96. The Kier molecular flexibility index (Phi) is 3.66. The standard InChI is InChI=1S/C21H18O/c1-3-5-11-16(10-4-2)21(22)19-14-8-6-12-17(19)18-13-7-9-15-20(18)21/h3-15,22H,1-2H2/b11-5-,16-10+. The van der Waals surface area contributed by atoms with Gasteiger partial charge < -0.3 is 5.11 Å². The molecule has 0 saturated heterocycles. The lowest BCUT2D eigenvalue weighted by Crippen LogP contribution is -2.26. The van der Waals surface area contributed by atoms with Gasteiger partial charge in [0.25, 0.3) is 0 Å². The van der Waals surface area contributed by atoms with Crippen LogP contribution < -0.4 is 0 Å². The number of aliphatic hydroxyl groups is 1. The van der Waals surface area contributed by atoms with Gasteiger partial charge in [0.15, 0.2) is 0 Å². The molecule has 0 aliphatic heterocycles. The van der Waals surface area contributed by atoms with Crippen LogP contribution in [0.5, 0.6) is 0 Å². The molecular weight excluding hydrogens is 268 g/mol. The summed E-state index contributed by atoms with van der Waals surface area (Å²) in [5, 5.41) is 11.6. The second-order valence-corrected chi connectivity index (χ2v) is 5.25. The van der Waals surface area contributed by atoms with Crippen LogP contribution >= 0.6 is 0 Å². The highest BCUT2D eigenvalue weighted by molar-refractivity contribution is 5.82. The van der Waals surface area contributed by atoms with Crippen molar-refractivity contribution in [3.05, 3.63) is 109 Å². The molecule has 0 heterocycles. The molecule has 1 N–H and O–H groups in total. The van der Waals surface area contributed by atoms with Crippen LogP contribution in [-0.4, -0.2) is 5.11 Å². The van der Waals surface area contributed by atoms with Gasteiger partial charge in [-0.15, -0.1) is 0 Å². The van der Waals surface area contributed by atoms with E-state index in [0.717, 1.165) is 27.8 Å². The van der Waals surface area contributed by atoms with Crippen LogP contribution in [0.3, 0.4) is 0 Å². The first kappa shape index (κ1) is 14.3. The lowest BCUT2D eigenvalue weighted by molar-refractivity contribution is 0.130. The molecule has 0 radical (unpaired) electrons. The molecule has 22 heavy (non-hydrogen) atoms. The Labute approximate surface area is 131 Å². The Hall–Kier alpha value is -2.64. The lowest BCUT2D eigenvalue weighted by atomic mass is 9.83. The quantitative estimate of drug-likeness (QED) is 0.804. The van der Waals surface area contributed by atoms with Gasteiger partial charge in [-0.25, -0.2) is 0 Å². The van der Waals surface area contributed by atoms with Gasteiger partial charge >= 0.3 is 0 Å². The van der Waals surface area contributed by atoms with Gasteiger partial charge in [0.05, 0.1) is 0 Å². The average Bonchev–Trinajstić information content (AvgIpc) is 2.83. The highest BCUT2D eigenvalue weighted by Crippen LogP contribution is 2.51. The molecule has 0 aromatic heterocycles. The minimum absolute atomic E-state index is 0.778. The SMILES string of the molecule is C=C/C=C\C(=C/C=C)C1(O)c2ccccc2-c2ccccc21. The zero-order chi connectivity index (χ0) is 15.6. The second-order valence-electron chi connectivity index (χ2n) is 5.25. The van der Waals surface area contributed by atoms with Crippen molar-refractivity contribution in [3.8, 4) is 11.1 Å². The summed E-state index contributed by atoms with van der Waals surface area (Å²) in [7, 11) is 0. The lowest BCUT2D eigenvalue weighted by Gasteiger charge is -2.27. The summed E-state index contributed by atoms with van der Waals surface area (Å²) in [5.74, 6) is 0. The van der Waals surface area contributed by atoms with Gasteiger partial charge in [-0.2, -0.15) is 0 Å². The van der Waals surface area contributed by atoms with E-state index in [0.29, 0.717) is 0 Å². The molecule has 0 spiro atoms. The van der Waals surface area contributed by atoms with Gasteiger partial charge in [0, 0.05) is 11.1 Å². The molecule has 108 valence electrons. The van der Waals surface area contributed by atoms with Gasteiger partial charge in [-0.3, -0.25) is 0 Å². The molecule has 3 rings (SSSR count). The zero-order valence-electron chi connectivity index (χ0n) is 12.4. The van der Waals surface area contributed by atoms with E-state index < -0.39 is 5.60 Å². The van der Waals surface area contributed by atoms with Crippen LogP contribution in [0.25, 0.3) is 11.1 Å². The third kappa shape index (κ3) is 1.99. The molecule has 0 fully saturated rings. The molecular formula is C21H18O. The van der Waals surface area contributed by atoms with E-state index in [9.17, 15) is 5.11 Å². The fraction of sp³-hybridized carbons (Fsp3) is 0.0476. The third-order valence-corrected chi connectivity index (χ3v) is 4.05. The molecule has 1 aliphatic rings. The number of allylic oxidation sites excluding steroid dienone is 4. The van der Waals surface area contributed by atoms with Crippen LogP contribution in [0.4, 0.5) is 0 Å². The van der Waals surface area contributed by atoms with Gasteiger partial charge in [0.1, 0.15) is 5.60 Å². The number of hydrogen-bond acceptors (Lipinski definition) is 1. The van der Waals surface area contributed by atoms with E-state index >= 15 is 0 Å². The Morgan fingerprint density at radius 3 is 1.91 bits per heavy atom. The van der Waals surface area contributed by atoms with Gasteiger partial charge in [-0.1, -0.05) is 92.1 Å². The van der Waals surface area contributed by atoms with Crippen LogP contribution in [0.1, 0.15) is 11.1 Å². The van der Waals surface area contributed by atoms with Gasteiger partial charge in [-0.05, 0) is 16.7 Å². The molecule has 0 amide bonds.